The van der Waals surface area contributed by atoms with E-state index in [1.54, 1.807) is 0 Å². The smallest absolute Gasteiger partial charge is 0.222 e. The molecule has 0 heterocycles. The lowest BCUT2D eigenvalue weighted by molar-refractivity contribution is -0.131. The Morgan fingerprint density at radius 1 is 1.35 bits per heavy atom. The van der Waals surface area contributed by atoms with Crippen LogP contribution in [-0.4, -0.2) is 23.9 Å². The molecule has 0 bridgehead atoms. The van der Waals surface area contributed by atoms with Crippen LogP contribution >= 0.6 is 0 Å². The van der Waals surface area contributed by atoms with Crippen LogP contribution in [0.3, 0.4) is 0 Å². The number of amides is 1. The largest absolute Gasteiger partial charge is 0.399 e. The number of rotatable bonds is 6. The molecule has 1 aromatic rings. The summed E-state index contributed by atoms with van der Waals surface area (Å²) in [5, 5.41) is 0. The Bertz CT molecular complexity index is 363. The maximum absolute atomic E-state index is 11.9. The molecule has 1 aromatic carbocycles. The van der Waals surface area contributed by atoms with Crippen molar-refractivity contribution in [3.63, 3.8) is 0 Å². The quantitative estimate of drug-likeness (QED) is 0.768. The Balaban J connectivity index is 2.47. The van der Waals surface area contributed by atoms with Crippen LogP contribution in [0.1, 0.15) is 32.3 Å². The van der Waals surface area contributed by atoms with Crippen LogP contribution in [0, 0.1) is 0 Å². The van der Waals surface area contributed by atoms with Gasteiger partial charge >= 0.3 is 0 Å². The van der Waals surface area contributed by atoms with Crippen molar-refractivity contribution >= 4 is 11.6 Å². The van der Waals surface area contributed by atoms with Gasteiger partial charge in [-0.3, -0.25) is 4.79 Å². The van der Waals surface area contributed by atoms with E-state index in [9.17, 15) is 4.79 Å². The van der Waals surface area contributed by atoms with Gasteiger partial charge in [-0.25, -0.2) is 0 Å². The minimum Gasteiger partial charge on any atom is -0.399 e. The monoisotopic (exact) mass is 234 g/mol. The highest BCUT2D eigenvalue weighted by atomic mass is 16.2. The minimum absolute atomic E-state index is 0.233. The molecule has 94 valence electrons. The fourth-order valence-corrected chi connectivity index (χ4v) is 1.89. The molecule has 1 rings (SSSR count). The molecule has 0 saturated carbocycles. The van der Waals surface area contributed by atoms with E-state index in [0.717, 1.165) is 37.2 Å². The molecular weight excluding hydrogens is 212 g/mol. The van der Waals surface area contributed by atoms with Gasteiger partial charge in [-0.15, -0.1) is 0 Å². The fourth-order valence-electron chi connectivity index (χ4n) is 1.89. The number of benzene rings is 1. The van der Waals surface area contributed by atoms with Crippen LogP contribution in [-0.2, 0) is 11.2 Å². The summed E-state index contributed by atoms with van der Waals surface area (Å²) in [5.74, 6) is 0.233. The van der Waals surface area contributed by atoms with Gasteiger partial charge in [0, 0.05) is 25.2 Å². The van der Waals surface area contributed by atoms with Gasteiger partial charge in [0.15, 0.2) is 0 Å². The predicted octanol–water partition coefficient (Wildman–Crippen LogP) is 2.46. The van der Waals surface area contributed by atoms with Crippen molar-refractivity contribution in [3.05, 3.63) is 29.8 Å². The molecular formula is C14H22N2O. The molecule has 0 aromatic heterocycles. The number of hydrogen-bond acceptors (Lipinski definition) is 2. The first-order chi connectivity index (χ1) is 8.17. The molecule has 17 heavy (non-hydrogen) atoms. The molecule has 0 radical (unpaired) electrons. The summed E-state index contributed by atoms with van der Waals surface area (Å²) < 4.78 is 0. The van der Waals surface area contributed by atoms with Gasteiger partial charge < -0.3 is 10.6 Å². The maximum atomic E-state index is 11.9. The lowest BCUT2D eigenvalue weighted by atomic mass is 10.1. The van der Waals surface area contributed by atoms with Gasteiger partial charge in [0.05, 0.1) is 0 Å². The Labute approximate surface area is 104 Å². The molecule has 0 aliphatic rings. The van der Waals surface area contributed by atoms with Crippen LogP contribution in [0.2, 0.25) is 0 Å². The highest BCUT2D eigenvalue weighted by Gasteiger charge is 2.10. The number of carbonyl (C=O) groups excluding carboxylic acids is 1. The zero-order valence-electron chi connectivity index (χ0n) is 10.8. The zero-order chi connectivity index (χ0) is 12.7. The molecule has 1 amide bonds. The van der Waals surface area contributed by atoms with Crippen LogP contribution < -0.4 is 5.73 Å². The fraction of sp³-hybridized carbons (Fsp3) is 0.500. The van der Waals surface area contributed by atoms with Gasteiger partial charge in [-0.1, -0.05) is 19.1 Å². The second-order valence-electron chi connectivity index (χ2n) is 4.22. The van der Waals surface area contributed by atoms with E-state index in [1.807, 2.05) is 36.1 Å². The molecule has 0 atom stereocenters. The van der Waals surface area contributed by atoms with Crippen molar-refractivity contribution in [2.24, 2.45) is 0 Å². The summed E-state index contributed by atoms with van der Waals surface area (Å²) in [4.78, 5) is 13.8. The van der Waals surface area contributed by atoms with E-state index in [-0.39, 0.29) is 5.91 Å². The van der Waals surface area contributed by atoms with Crippen molar-refractivity contribution in [2.75, 3.05) is 18.8 Å². The van der Waals surface area contributed by atoms with Crippen molar-refractivity contribution < 1.29 is 4.79 Å². The molecule has 0 aliphatic heterocycles. The van der Waals surface area contributed by atoms with Gasteiger partial charge in [-0.2, -0.15) is 0 Å². The zero-order valence-corrected chi connectivity index (χ0v) is 10.8. The molecule has 0 spiro atoms. The molecule has 0 unspecified atom stereocenters. The molecule has 2 N–H and O–H groups in total. The first-order valence-corrected chi connectivity index (χ1v) is 6.29. The van der Waals surface area contributed by atoms with E-state index >= 15 is 0 Å². The van der Waals surface area contributed by atoms with E-state index < -0.39 is 0 Å². The summed E-state index contributed by atoms with van der Waals surface area (Å²) in [6.45, 7) is 5.76. The summed E-state index contributed by atoms with van der Waals surface area (Å²) in [6, 6.07) is 7.74. The summed E-state index contributed by atoms with van der Waals surface area (Å²) in [7, 11) is 0. The molecule has 3 nitrogen and oxygen atoms in total. The van der Waals surface area contributed by atoms with Crippen LogP contribution in [0.15, 0.2) is 24.3 Å². The number of hydrogen-bond donors (Lipinski definition) is 1. The second kappa shape index (κ2) is 6.94. The van der Waals surface area contributed by atoms with Crippen molar-refractivity contribution in [1.82, 2.24) is 4.90 Å². The van der Waals surface area contributed by atoms with Crippen molar-refractivity contribution in [1.29, 1.82) is 0 Å². The standard InChI is InChI=1S/C14H22N2O/c1-3-10-16(4-2)14(17)9-8-12-6-5-7-13(15)11-12/h5-7,11H,3-4,8-10,15H2,1-2H3. The van der Waals surface area contributed by atoms with Gasteiger partial charge in [-0.05, 0) is 37.5 Å². The van der Waals surface area contributed by atoms with E-state index in [4.69, 9.17) is 5.73 Å². The number of nitrogens with zero attached hydrogens (tertiary/aromatic N) is 1. The third-order valence-electron chi connectivity index (χ3n) is 2.81. The van der Waals surface area contributed by atoms with E-state index in [0.29, 0.717) is 6.42 Å². The first kappa shape index (κ1) is 13.6. The Hall–Kier alpha value is -1.51. The normalized spacial score (nSPS) is 10.2. The van der Waals surface area contributed by atoms with Crippen LogP contribution in [0.25, 0.3) is 0 Å². The number of carbonyl (C=O) groups is 1. The van der Waals surface area contributed by atoms with Gasteiger partial charge in [0.2, 0.25) is 5.91 Å². The van der Waals surface area contributed by atoms with Gasteiger partial charge in [0.1, 0.15) is 0 Å². The third kappa shape index (κ3) is 4.47. The number of nitrogen functional groups attached to an aromatic ring is 1. The molecule has 0 saturated heterocycles. The first-order valence-electron chi connectivity index (χ1n) is 6.29. The number of anilines is 1. The summed E-state index contributed by atoms with van der Waals surface area (Å²) >= 11 is 0. The Morgan fingerprint density at radius 3 is 2.71 bits per heavy atom. The summed E-state index contributed by atoms with van der Waals surface area (Å²) in [5.41, 5.74) is 7.59. The van der Waals surface area contributed by atoms with Crippen molar-refractivity contribution in [2.45, 2.75) is 33.1 Å². The molecule has 0 aliphatic carbocycles. The van der Waals surface area contributed by atoms with Crippen LogP contribution in [0.4, 0.5) is 5.69 Å². The Morgan fingerprint density at radius 2 is 2.12 bits per heavy atom. The highest BCUT2D eigenvalue weighted by Crippen LogP contribution is 2.09. The highest BCUT2D eigenvalue weighted by molar-refractivity contribution is 5.76. The van der Waals surface area contributed by atoms with E-state index in [2.05, 4.69) is 6.92 Å². The SMILES string of the molecule is CCCN(CC)C(=O)CCc1cccc(N)c1. The molecule has 3 heteroatoms. The van der Waals surface area contributed by atoms with Gasteiger partial charge in [0.25, 0.3) is 0 Å². The topological polar surface area (TPSA) is 46.3 Å². The second-order valence-corrected chi connectivity index (χ2v) is 4.22. The maximum Gasteiger partial charge on any atom is 0.222 e. The molecule has 0 fully saturated rings. The van der Waals surface area contributed by atoms with Crippen molar-refractivity contribution in [3.8, 4) is 0 Å². The lowest BCUT2D eigenvalue weighted by Gasteiger charge is -2.20. The average Bonchev–Trinajstić information content (AvgIpc) is 2.33. The van der Waals surface area contributed by atoms with Crippen LogP contribution in [0.5, 0.6) is 0 Å². The Kier molecular flexibility index (Phi) is 5.53. The lowest BCUT2D eigenvalue weighted by Crippen LogP contribution is -2.31. The number of aryl methyl sites for hydroxylation is 1. The van der Waals surface area contributed by atoms with E-state index in [1.165, 1.54) is 0 Å². The summed E-state index contributed by atoms with van der Waals surface area (Å²) in [6.07, 6.45) is 2.35. The predicted molar refractivity (Wildman–Crippen MR) is 71.7 cm³/mol. The third-order valence-corrected chi connectivity index (χ3v) is 2.81. The average molecular weight is 234 g/mol. The minimum atomic E-state index is 0.233. The number of nitrogens with two attached hydrogens (primary N) is 1.